The van der Waals surface area contributed by atoms with E-state index < -0.39 is 0 Å². The second-order valence-corrected chi connectivity index (χ2v) is 6.63. The van der Waals surface area contributed by atoms with E-state index in [0.717, 1.165) is 0 Å². The fourth-order valence-corrected chi connectivity index (χ4v) is 3.49. The van der Waals surface area contributed by atoms with Gasteiger partial charge >= 0.3 is 0 Å². The molecule has 0 saturated carbocycles. The SMILES string of the molecule is CC1(C)CCC(C)(c2ccccc2)c2ccccc21. The summed E-state index contributed by atoms with van der Waals surface area (Å²) in [4.78, 5) is 0. The van der Waals surface area contributed by atoms with Gasteiger partial charge in [-0.05, 0) is 34.9 Å². The van der Waals surface area contributed by atoms with Gasteiger partial charge in [0.15, 0.2) is 0 Å². The molecule has 0 fully saturated rings. The maximum absolute atomic E-state index is 2.40. The van der Waals surface area contributed by atoms with Crippen LogP contribution in [-0.2, 0) is 10.8 Å². The lowest BCUT2D eigenvalue weighted by molar-refractivity contribution is 0.349. The van der Waals surface area contributed by atoms with Gasteiger partial charge in [0.1, 0.15) is 0 Å². The van der Waals surface area contributed by atoms with E-state index >= 15 is 0 Å². The van der Waals surface area contributed by atoms with Gasteiger partial charge in [-0.15, -0.1) is 0 Å². The van der Waals surface area contributed by atoms with Crippen molar-refractivity contribution < 1.29 is 0 Å². The van der Waals surface area contributed by atoms with E-state index in [1.807, 2.05) is 0 Å². The van der Waals surface area contributed by atoms with Crippen molar-refractivity contribution in [1.82, 2.24) is 0 Å². The first-order valence-electron chi connectivity index (χ1n) is 7.20. The topological polar surface area (TPSA) is 0 Å². The summed E-state index contributed by atoms with van der Waals surface area (Å²) in [6, 6.07) is 20.0. The molecule has 2 aromatic carbocycles. The van der Waals surface area contributed by atoms with Gasteiger partial charge in [-0.1, -0.05) is 75.4 Å². The molecule has 1 aliphatic rings. The van der Waals surface area contributed by atoms with Gasteiger partial charge in [0.25, 0.3) is 0 Å². The standard InChI is InChI=1S/C19H22/c1-18(2)13-14-19(3,15-9-5-4-6-10-15)17-12-8-7-11-16(17)18/h4-12H,13-14H2,1-3H3. The third kappa shape index (κ3) is 1.90. The molecule has 0 amide bonds. The zero-order valence-electron chi connectivity index (χ0n) is 12.1. The van der Waals surface area contributed by atoms with Crippen LogP contribution in [0.5, 0.6) is 0 Å². The van der Waals surface area contributed by atoms with Crippen LogP contribution in [0.3, 0.4) is 0 Å². The third-order valence-corrected chi connectivity index (χ3v) is 4.91. The van der Waals surface area contributed by atoms with Crippen molar-refractivity contribution in [1.29, 1.82) is 0 Å². The van der Waals surface area contributed by atoms with Gasteiger partial charge < -0.3 is 0 Å². The Morgan fingerprint density at radius 3 is 1.95 bits per heavy atom. The lowest BCUT2D eigenvalue weighted by Gasteiger charge is -2.44. The fraction of sp³-hybridized carbons (Fsp3) is 0.368. The molecule has 0 heterocycles. The molecule has 0 nitrogen and oxygen atoms in total. The highest BCUT2D eigenvalue weighted by Gasteiger charge is 2.40. The Hall–Kier alpha value is -1.56. The van der Waals surface area contributed by atoms with Gasteiger partial charge in [0.05, 0.1) is 0 Å². The summed E-state index contributed by atoms with van der Waals surface area (Å²) in [7, 11) is 0. The lowest BCUT2D eigenvalue weighted by atomic mass is 9.60. The predicted molar refractivity (Wildman–Crippen MR) is 81.6 cm³/mol. The van der Waals surface area contributed by atoms with Gasteiger partial charge in [-0.3, -0.25) is 0 Å². The first kappa shape index (κ1) is 12.5. The summed E-state index contributed by atoms with van der Waals surface area (Å²) in [6.07, 6.45) is 2.47. The van der Waals surface area contributed by atoms with Gasteiger partial charge in [0, 0.05) is 5.41 Å². The van der Waals surface area contributed by atoms with Gasteiger partial charge in [0.2, 0.25) is 0 Å². The lowest BCUT2D eigenvalue weighted by Crippen LogP contribution is -2.36. The zero-order valence-corrected chi connectivity index (χ0v) is 12.1. The molecule has 0 aromatic heterocycles. The van der Waals surface area contributed by atoms with Crippen LogP contribution in [0, 0.1) is 0 Å². The molecule has 0 aliphatic heterocycles. The summed E-state index contributed by atoms with van der Waals surface area (Å²) in [6.45, 7) is 7.14. The smallest absolute Gasteiger partial charge is 0.0178 e. The van der Waals surface area contributed by atoms with E-state index in [2.05, 4.69) is 75.4 Å². The fourth-order valence-electron chi connectivity index (χ4n) is 3.49. The minimum atomic E-state index is 0.160. The van der Waals surface area contributed by atoms with E-state index in [-0.39, 0.29) is 5.41 Å². The molecule has 0 heteroatoms. The molecule has 0 N–H and O–H groups in total. The molecule has 0 saturated heterocycles. The monoisotopic (exact) mass is 250 g/mol. The van der Waals surface area contributed by atoms with E-state index in [0.29, 0.717) is 5.41 Å². The van der Waals surface area contributed by atoms with Crippen LogP contribution in [0.15, 0.2) is 54.6 Å². The number of fused-ring (bicyclic) bond motifs is 1. The van der Waals surface area contributed by atoms with Crippen molar-refractivity contribution in [2.75, 3.05) is 0 Å². The molecule has 1 aliphatic carbocycles. The normalized spacial score (nSPS) is 24.8. The van der Waals surface area contributed by atoms with E-state index in [9.17, 15) is 0 Å². The number of rotatable bonds is 1. The Labute approximate surface area is 116 Å². The van der Waals surface area contributed by atoms with Crippen LogP contribution in [0.1, 0.15) is 50.3 Å². The minimum absolute atomic E-state index is 0.160. The van der Waals surface area contributed by atoms with Crippen molar-refractivity contribution in [2.24, 2.45) is 0 Å². The Morgan fingerprint density at radius 1 is 0.684 bits per heavy atom. The Bertz CT molecular complexity index is 580. The molecule has 2 aromatic rings. The average molecular weight is 250 g/mol. The number of hydrogen-bond acceptors (Lipinski definition) is 0. The van der Waals surface area contributed by atoms with Crippen molar-refractivity contribution in [2.45, 2.75) is 44.4 Å². The molecule has 0 radical (unpaired) electrons. The van der Waals surface area contributed by atoms with Crippen LogP contribution in [0.2, 0.25) is 0 Å². The summed E-state index contributed by atoms with van der Waals surface area (Å²) < 4.78 is 0. The molecule has 0 spiro atoms. The van der Waals surface area contributed by atoms with Crippen LogP contribution < -0.4 is 0 Å². The minimum Gasteiger partial charge on any atom is -0.0622 e. The molecule has 19 heavy (non-hydrogen) atoms. The molecular formula is C19H22. The van der Waals surface area contributed by atoms with Crippen molar-refractivity contribution in [3.63, 3.8) is 0 Å². The quantitative estimate of drug-likeness (QED) is 0.663. The third-order valence-electron chi connectivity index (χ3n) is 4.91. The van der Waals surface area contributed by atoms with E-state index in [1.165, 1.54) is 29.5 Å². The summed E-state index contributed by atoms with van der Waals surface area (Å²) in [5, 5.41) is 0. The van der Waals surface area contributed by atoms with Crippen molar-refractivity contribution in [3.05, 3.63) is 71.3 Å². The first-order valence-corrected chi connectivity index (χ1v) is 7.20. The van der Waals surface area contributed by atoms with Crippen molar-refractivity contribution >= 4 is 0 Å². The highest BCUT2D eigenvalue weighted by molar-refractivity contribution is 5.48. The number of hydrogen-bond donors (Lipinski definition) is 0. The van der Waals surface area contributed by atoms with Gasteiger partial charge in [-0.2, -0.15) is 0 Å². The highest BCUT2D eigenvalue weighted by Crippen LogP contribution is 2.48. The van der Waals surface area contributed by atoms with E-state index in [4.69, 9.17) is 0 Å². The van der Waals surface area contributed by atoms with Crippen LogP contribution in [0.4, 0.5) is 0 Å². The Balaban J connectivity index is 2.21. The van der Waals surface area contributed by atoms with E-state index in [1.54, 1.807) is 0 Å². The summed E-state index contributed by atoms with van der Waals surface area (Å²) in [5.41, 5.74) is 4.93. The maximum Gasteiger partial charge on any atom is 0.0178 e. The molecule has 3 rings (SSSR count). The Kier molecular flexibility index (Phi) is 2.78. The largest absolute Gasteiger partial charge is 0.0622 e. The van der Waals surface area contributed by atoms with Gasteiger partial charge in [-0.25, -0.2) is 0 Å². The highest BCUT2D eigenvalue weighted by atomic mass is 14.4. The summed E-state index contributed by atoms with van der Waals surface area (Å²) in [5.74, 6) is 0. The first-order chi connectivity index (χ1) is 9.04. The van der Waals surface area contributed by atoms with Crippen LogP contribution in [-0.4, -0.2) is 0 Å². The predicted octanol–water partition coefficient (Wildman–Crippen LogP) is 5.06. The van der Waals surface area contributed by atoms with Crippen molar-refractivity contribution in [3.8, 4) is 0 Å². The average Bonchev–Trinajstić information content (AvgIpc) is 2.45. The zero-order chi connectivity index (χ0) is 13.5. The number of benzene rings is 2. The molecule has 1 atom stereocenters. The molecular weight excluding hydrogens is 228 g/mol. The molecule has 0 bridgehead atoms. The Morgan fingerprint density at radius 2 is 1.26 bits per heavy atom. The van der Waals surface area contributed by atoms with Crippen LogP contribution >= 0.6 is 0 Å². The summed E-state index contributed by atoms with van der Waals surface area (Å²) >= 11 is 0. The molecule has 1 unspecified atom stereocenters. The second kappa shape index (κ2) is 4.23. The second-order valence-electron chi connectivity index (χ2n) is 6.63. The maximum atomic E-state index is 2.40. The molecule has 98 valence electrons. The van der Waals surface area contributed by atoms with Crippen LogP contribution in [0.25, 0.3) is 0 Å².